The number of rotatable bonds is 2. The SMILES string of the molecule is C[C@H](N)CC1CCCCN1C. The lowest BCUT2D eigenvalue weighted by Gasteiger charge is -2.33. The molecule has 2 nitrogen and oxygen atoms in total. The third-order valence-corrected chi connectivity index (χ3v) is 2.57. The van der Waals surface area contributed by atoms with Gasteiger partial charge in [-0.05, 0) is 39.8 Å². The highest BCUT2D eigenvalue weighted by Gasteiger charge is 2.19. The Morgan fingerprint density at radius 3 is 2.82 bits per heavy atom. The lowest BCUT2D eigenvalue weighted by Crippen LogP contribution is -2.39. The standard InChI is InChI=1S/C9H20N2/c1-8(10)7-9-5-3-4-6-11(9)2/h8-9H,3-7,10H2,1-2H3/t8-,9?/m0/s1. The Labute approximate surface area is 69.8 Å². The molecule has 11 heavy (non-hydrogen) atoms. The van der Waals surface area contributed by atoms with E-state index >= 15 is 0 Å². The third-order valence-electron chi connectivity index (χ3n) is 2.57. The Balaban J connectivity index is 2.29. The average molecular weight is 156 g/mol. The van der Waals surface area contributed by atoms with Crippen molar-refractivity contribution in [2.24, 2.45) is 5.73 Å². The molecule has 0 saturated carbocycles. The molecule has 2 N–H and O–H groups in total. The van der Waals surface area contributed by atoms with E-state index in [1.165, 1.54) is 25.8 Å². The van der Waals surface area contributed by atoms with E-state index in [-0.39, 0.29) is 0 Å². The van der Waals surface area contributed by atoms with Crippen LogP contribution in [0.1, 0.15) is 32.6 Å². The zero-order valence-corrected chi connectivity index (χ0v) is 7.71. The molecule has 0 aliphatic carbocycles. The molecular formula is C9H20N2. The minimum absolute atomic E-state index is 0.362. The van der Waals surface area contributed by atoms with E-state index in [1.54, 1.807) is 0 Å². The van der Waals surface area contributed by atoms with Crippen molar-refractivity contribution in [1.29, 1.82) is 0 Å². The molecule has 2 atom stereocenters. The molecule has 1 heterocycles. The van der Waals surface area contributed by atoms with Crippen LogP contribution in [0.2, 0.25) is 0 Å². The Hall–Kier alpha value is -0.0800. The van der Waals surface area contributed by atoms with Crippen LogP contribution in [0.3, 0.4) is 0 Å². The van der Waals surface area contributed by atoms with Crippen LogP contribution in [0.5, 0.6) is 0 Å². The second-order valence-electron chi connectivity index (χ2n) is 3.84. The molecule has 0 aromatic rings. The van der Waals surface area contributed by atoms with Gasteiger partial charge in [-0.15, -0.1) is 0 Å². The highest BCUT2D eigenvalue weighted by Crippen LogP contribution is 2.18. The van der Waals surface area contributed by atoms with E-state index in [1.807, 2.05) is 0 Å². The second-order valence-corrected chi connectivity index (χ2v) is 3.84. The van der Waals surface area contributed by atoms with Crippen LogP contribution >= 0.6 is 0 Å². The Kier molecular flexibility index (Phi) is 3.34. The van der Waals surface area contributed by atoms with Gasteiger partial charge in [-0.1, -0.05) is 6.42 Å². The third kappa shape index (κ3) is 2.80. The van der Waals surface area contributed by atoms with Gasteiger partial charge >= 0.3 is 0 Å². The van der Waals surface area contributed by atoms with Crippen LogP contribution in [-0.4, -0.2) is 30.6 Å². The minimum Gasteiger partial charge on any atom is -0.328 e. The van der Waals surface area contributed by atoms with Gasteiger partial charge in [0.2, 0.25) is 0 Å². The van der Waals surface area contributed by atoms with E-state index in [9.17, 15) is 0 Å². The summed E-state index contributed by atoms with van der Waals surface area (Å²) in [5.74, 6) is 0. The summed E-state index contributed by atoms with van der Waals surface area (Å²) in [5.41, 5.74) is 5.76. The van der Waals surface area contributed by atoms with E-state index in [4.69, 9.17) is 5.73 Å². The van der Waals surface area contributed by atoms with Crippen LogP contribution in [0.15, 0.2) is 0 Å². The van der Waals surface area contributed by atoms with Crippen molar-refractivity contribution in [1.82, 2.24) is 4.90 Å². The summed E-state index contributed by atoms with van der Waals surface area (Å²) in [4.78, 5) is 2.45. The predicted molar refractivity (Wildman–Crippen MR) is 48.5 cm³/mol. The zero-order chi connectivity index (χ0) is 8.27. The fourth-order valence-electron chi connectivity index (χ4n) is 1.87. The van der Waals surface area contributed by atoms with Gasteiger partial charge in [-0.3, -0.25) is 0 Å². The van der Waals surface area contributed by atoms with Crippen LogP contribution in [0.4, 0.5) is 0 Å². The van der Waals surface area contributed by atoms with Crippen molar-refractivity contribution in [3.05, 3.63) is 0 Å². The molecule has 0 aromatic carbocycles. The van der Waals surface area contributed by atoms with Crippen LogP contribution < -0.4 is 5.73 Å². The molecule has 0 amide bonds. The van der Waals surface area contributed by atoms with Gasteiger partial charge in [0, 0.05) is 12.1 Å². The number of likely N-dealkylation sites (tertiary alicyclic amines) is 1. The molecule has 0 spiro atoms. The smallest absolute Gasteiger partial charge is 0.0107 e. The van der Waals surface area contributed by atoms with Crippen molar-refractivity contribution >= 4 is 0 Å². The molecule has 66 valence electrons. The topological polar surface area (TPSA) is 29.3 Å². The first-order chi connectivity index (χ1) is 5.20. The van der Waals surface area contributed by atoms with Crippen molar-refractivity contribution in [2.75, 3.05) is 13.6 Å². The zero-order valence-electron chi connectivity index (χ0n) is 7.71. The maximum absolute atomic E-state index is 5.76. The average Bonchev–Trinajstić information content (AvgIpc) is 1.93. The summed E-state index contributed by atoms with van der Waals surface area (Å²) in [6.07, 6.45) is 5.27. The Bertz CT molecular complexity index is 112. The van der Waals surface area contributed by atoms with E-state index in [0.717, 1.165) is 12.5 Å². The monoisotopic (exact) mass is 156 g/mol. The molecule has 1 unspecified atom stereocenters. The molecule has 1 aliphatic rings. The molecule has 1 rings (SSSR count). The van der Waals surface area contributed by atoms with Crippen LogP contribution in [0.25, 0.3) is 0 Å². The number of hydrogen-bond acceptors (Lipinski definition) is 2. The van der Waals surface area contributed by atoms with Gasteiger partial charge in [0.05, 0.1) is 0 Å². The normalized spacial score (nSPS) is 30.3. The second kappa shape index (κ2) is 4.07. The van der Waals surface area contributed by atoms with Gasteiger partial charge in [-0.2, -0.15) is 0 Å². The van der Waals surface area contributed by atoms with Gasteiger partial charge in [0.15, 0.2) is 0 Å². The molecule has 0 bridgehead atoms. The van der Waals surface area contributed by atoms with E-state index < -0.39 is 0 Å². The molecule has 1 aliphatic heterocycles. The van der Waals surface area contributed by atoms with Crippen LogP contribution in [0, 0.1) is 0 Å². The first-order valence-corrected chi connectivity index (χ1v) is 4.66. The summed E-state index contributed by atoms with van der Waals surface area (Å²) in [6, 6.07) is 1.12. The fourth-order valence-corrected chi connectivity index (χ4v) is 1.87. The predicted octanol–water partition coefficient (Wildman–Crippen LogP) is 1.21. The summed E-state index contributed by atoms with van der Waals surface area (Å²) in [5, 5.41) is 0. The summed E-state index contributed by atoms with van der Waals surface area (Å²) in [6.45, 7) is 3.36. The Morgan fingerprint density at radius 2 is 2.27 bits per heavy atom. The quantitative estimate of drug-likeness (QED) is 0.651. The molecule has 1 saturated heterocycles. The van der Waals surface area contributed by atoms with Gasteiger partial charge in [-0.25, -0.2) is 0 Å². The number of piperidine rings is 1. The van der Waals surface area contributed by atoms with E-state index in [2.05, 4.69) is 18.9 Å². The van der Waals surface area contributed by atoms with Crippen molar-refractivity contribution in [2.45, 2.75) is 44.7 Å². The molecule has 2 heteroatoms. The van der Waals surface area contributed by atoms with Crippen molar-refractivity contribution in [3.63, 3.8) is 0 Å². The molecule has 1 fully saturated rings. The highest BCUT2D eigenvalue weighted by atomic mass is 15.1. The van der Waals surface area contributed by atoms with E-state index in [0.29, 0.717) is 6.04 Å². The summed E-state index contributed by atoms with van der Waals surface area (Å²) >= 11 is 0. The maximum atomic E-state index is 5.76. The molecule has 0 aromatic heterocycles. The fraction of sp³-hybridized carbons (Fsp3) is 1.00. The highest BCUT2D eigenvalue weighted by molar-refractivity contribution is 4.76. The number of hydrogen-bond donors (Lipinski definition) is 1. The number of nitrogens with zero attached hydrogens (tertiary/aromatic N) is 1. The van der Waals surface area contributed by atoms with Crippen LogP contribution in [-0.2, 0) is 0 Å². The molecular weight excluding hydrogens is 136 g/mol. The molecule has 0 radical (unpaired) electrons. The maximum Gasteiger partial charge on any atom is 0.0107 e. The first kappa shape index (κ1) is 9.01. The van der Waals surface area contributed by atoms with Gasteiger partial charge in [0.25, 0.3) is 0 Å². The lowest BCUT2D eigenvalue weighted by molar-refractivity contribution is 0.170. The van der Waals surface area contributed by atoms with Gasteiger partial charge < -0.3 is 10.6 Å². The minimum atomic E-state index is 0.362. The first-order valence-electron chi connectivity index (χ1n) is 4.66. The number of nitrogens with two attached hydrogens (primary N) is 1. The van der Waals surface area contributed by atoms with Gasteiger partial charge in [0.1, 0.15) is 0 Å². The summed E-state index contributed by atoms with van der Waals surface area (Å²) in [7, 11) is 2.21. The summed E-state index contributed by atoms with van der Waals surface area (Å²) < 4.78 is 0. The lowest BCUT2D eigenvalue weighted by atomic mass is 9.97. The van der Waals surface area contributed by atoms with Crippen molar-refractivity contribution < 1.29 is 0 Å². The Morgan fingerprint density at radius 1 is 1.55 bits per heavy atom. The largest absolute Gasteiger partial charge is 0.328 e. The van der Waals surface area contributed by atoms with Crippen molar-refractivity contribution in [3.8, 4) is 0 Å².